The SMILES string of the molecule is CCOC(=O)CCCNC(=O)CCc1nc2ccccc2n1-c1ccccc1. The molecule has 0 unspecified atom stereocenters. The van der Waals surface area contributed by atoms with Crippen molar-refractivity contribution in [3.05, 3.63) is 60.4 Å². The summed E-state index contributed by atoms with van der Waals surface area (Å²) in [5.41, 5.74) is 2.97. The van der Waals surface area contributed by atoms with Gasteiger partial charge >= 0.3 is 5.97 Å². The summed E-state index contributed by atoms with van der Waals surface area (Å²) in [6.07, 6.45) is 1.77. The number of amides is 1. The molecule has 1 amide bonds. The van der Waals surface area contributed by atoms with Gasteiger partial charge in [0.1, 0.15) is 5.82 Å². The minimum Gasteiger partial charge on any atom is -0.466 e. The number of hydrogen-bond acceptors (Lipinski definition) is 4. The van der Waals surface area contributed by atoms with Crippen LogP contribution in [0.2, 0.25) is 0 Å². The van der Waals surface area contributed by atoms with E-state index in [1.54, 1.807) is 6.92 Å². The van der Waals surface area contributed by atoms with Crippen molar-refractivity contribution in [3.8, 4) is 5.69 Å². The Balaban J connectivity index is 1.61. The monoisotopic (exact) mass is 379 g/mol. The molecule has 6 heteroatoms. The molecule has 2 aromatic carbocycles. The first kappa shape index (κ1) is 19.6. The zero-order chi connectivity index (χ0) is 19.8. The Bertz CT molecular complexity index is 935. The summed E-state index contributed by atoms with van der Waals surface area (Å²) >= 11 is 0. The third-order valence-electron chi connectivity index (χ3n) is 4.41. The average Bonchev–Trinajstić information content (AvgIpc) is 3.09. The van der Waals surface area contributed by atoms with E-state index in [0.29, 0.717) is 38.8 Å². The minimum absolute atomic E-state index is 0.0458. The fraction of sp³-hybridized carbons (Fsp3) is 0.318. The van der Waals surface area contributed by atoms with Gasteiger partial charge in [0, 0.05) is 31.5 Å². The summed E-state index contributed by atoms with van der Waals surface area (Å²) in [4.78, 5) is 28.2. The van der Waals surface area contributed by atoms with Gasteiger partial charge in [-0.3, -0.25) is 14.2 Å². The first-order valence-electron chi connectivity index (χ1n) is 9.63. The van der Waals surface area contributed by atoms with E-state index in [4.69, 9.17) is 9.72 Å². The second-order valence-corrected chi connectivity index (χ2v) is 6.45. The van der Waals surface area contributed by atoms with Crippen molar-refractivity contribution >= 4 is 22.9 Å². The smallest absolute Gasteiger partial charge is 0.305 e. The number of fused-ring (bicyclic) bond motifs is 1. The molecule has 1 N–H and O–H groups in total. The molecule has 3 aromatic rings. The number of benzene rings is 2. The standard InChI is InChI=1S/C22H25N3O3/c1-2-28-22(27)13-8-16-23-21(26)15-14-20-24-18-11-6-7-12-19(18)25(20)17-9-4-3-5-10-17/h3-7,9-12H,2,8,13-16H2,1H3,(H,23,26). The van der Waals surface area contributed by atoms with E-state index >= 15 is 0 Å². The largest absolute Gasteiger partial charge is 0.466 e. The van der Waals surface area contributed by atoms with Crippen LogP contribution in [-0.2, 0) is 20.7 Å². The van der Waals surface area contributed by atoms with Gasteiger partial charge in [0.25, 0.3) is 0 Å². The number of nitrogens with zero attached hydrogens (tertiary/aromatic N) is 2. The number of hydrogen-bond donors (Lipinski definition) is 1. The summed E-state index contributed by atoms with van der Waals surface area (Å²) in [5.74, 6) is 0.581. The van der Waals surface area contributed by atoms with Crippen LogP contribution in [-0.4, -0.2) is 34.6 Å². The quantitative estimate of drug-likeness (QED) is 0.457. The van der Waals surface area contributed by atoms with Crippen molar-refractivity contribution in [1.82, 2.24) is 14.9 Å². The van der Waals surface area contributed by atoms with Gasteiger partial charge < -0.3 is 10.1 Å². The number of ether oxygens (including phenoxy) is 1. The van der Waals surface area contributed by atoms with Gasteiger partial charge in [0.15, 0.2) is 0 Å². The number of esters is 1. The van der Waals surface area contributed by atoms with E-state index in [9.17, 15) is 9.59 Å². The molecule has 0 aliphatic rings. The number of carbonyl (C=O) groups excluding carboxylic acids is 2. The van der Waals surface area contributed by atoms with E-state index in [1.165, 1.54) is 0 Å². The summed E-state index contributed by atoms with van der Waals surface area (Å²) in [6, 6.07) is 18.0. The lowest BCUT2D eigenvalue weighted by atomic mass is 10.2. The Morgan fingerprint density at radius 3 is 2.57 bits per heavy atom. The number of carbonyl (C=O) groups is 2. The molecule has 0 saturated carbocycles. The molecule has 1 aromatic heterocycles. The van der Waals surface area contributed by atoms with Crippen molar-refractivity contribution in [1.29, 1.82) is 0 Å². The predicted octanol–water partition coefficient (Wildman–Crippen LogP) is 3.42. The molecule has 0 bridgehead atoms. The van der Waals surface area contributed by atoms with E-state index in [-0.39, 0.29) is 11.9 Å². The Labute approximate surface area is 164 Å². The summed E-state index contributed by atoms with van der Waals surface area (Å²) in [7, 11) is 0. The van der Waals surface area contributed by atoms with Crippen molar-refractivity contribution < 1.29 is 14.3 Å². The van der Waals surface area contributed by atoms with Crippen molar-refractivity contribution in [2.45, 2.75) is 32.6 Å². The van der Waals surface area contributed by atoms with Crippen LogP contribution in [0.1, 0.15) is 32.0 Å². The maximum atomic E-state index is 12.2. The molecular weight excluding hydrogens is 354 g/mol. The third-order valence-corrected chi connectivity index (χ3v) is 4.41. The number of rotatable bonds is 9. The van der Waals surface area contributed by atoms with Crippen LogP contribution in [0.15, 0.2) is 54.6 Å². The zero-order valence-corrected chi connectivity index (χ0v) is 16.1. The normalized spacial score (nSPS) is 10.8. The summed E-state index contributed by atoms with van der Waals surface area (Å²) < 4.78 is 6.98. The zero-order valence-electron chi connectivity index (χ0n) is 16.1. The van der Waals surface area contributed by atoms with Gasteiger partial charge in [-0.2, -0.15) is 0 Å². The highest BCUT2D eigenvalue weighted by molar-refractivity contribution is 5.79. The molecule has 1 heterocycles. The molecular formula is C22H25N3O3. The lowest BCUT2D eigenvalue weighted by Crippen LogP contribution is -2.25. The second kappa shape index (κ2) is 9.69. The summed E-state index contributed by atoms with van der Waals surface area (Å²) in [6.45, 7) is 2.63. The van der Waals surface area contributed by atoms with Crippen molar-refractivity contribution in [2.75, 3.05) is 13.2 Å². The highest BCUT2D eigenvalue weighted by atomic mass is 16.5. The van der Waals surface area contributed by atoms with Crippen molar-refractivity contribution in [2.24, 2.45) is 0 Å². The highest BCUT2D eigenvalue weighted by Gasteiger charge is 2.13. The first-order chi connectivity index (χ1) is 13.7. The van der Waals surface area contributed by atoms with Gasteiger partial charge in [-0.25, -0.2) is 4.98 Å². The lowest BCUT2D eigenvalue weighted by Gasteiger charge is -2.09. The average molecular weight is 379 g/mol. The summed E-state index contributed by atoms with van der Waals surface area (Å²) in [5, 5.41) is 2.86. The second-order valence-electron chi connectivity index (χ2n) is 6.45. The molecule has 0 aliphatic carbocycles. The van der Waals surface area contributed by atoms with Crippen LogP contribution in [0.3, 0.4) is 0 Å². The van der Waals surface area contributed by atoms with Gasteiger partial charge in [0.05, 0.1) is 17.6 Å². The molecule has 0 saturated heterocycles. The Morgan fingerprint density at radius 2 is 1.79 bits per heavy atom. The molecule has 0 spiro atoms. The Hall–Kier alpha value is -3.15. The number of aromatic nitrogens is 2. The van der Waals surface area contributed by atoms with Crippen LogP contribution in [0.4, 0.5) is 0 Å². The van der Waals surface area contributed by atoms with Gasteiger partial charge in [0.2, 0.25) is 5.91 Å². The maximum Gasteiger partial charge on any atom is 0.305 e. The number of nitrogens with one attached hydrogen (secondary N) is 1. The molecule has 0 fully saturated rings. The van der Waals surface area contributed by atoms with Gasteiger partial charge in [-0.05, 0) is 37.6 Å². The Morgan fingerprint density at radius 1 is 1.04 bits per heavy atom. The van der Waals surface area contributed by atoms with Crippen LogP contribution in [0, 0.1) is 0 Å². The predicted molar refractivity (Wildman–Crippen MR) is 108 cm³/mol. The van der Waals surface area contributed by atoms with Crippen LogP contribution in [0.25, 0.3) is 16.7 Å². The molecule has 0 radical (unpaired) electrons. The van der Waals surface area contributed by atoms with Crippen LogP contribution < -0.4 is 5.32 Å². The van der Waals surface area contributed by atoms with E-state index in [2.05, 4.69) is 9.88 Å². The third kappa shape index (κ3) is 4.97. The minimum atomic E-state index is -0.228. The molecule has 6 nitrogen and oxygen atoms in total. The number of aryl methyl sites for hydroxylation is 1. The highest BCUT2D eigenvalue weighted by Crippen LogP contribution is 2.22. The number of para-hydroxylation sites is 3. The fourth-order valence-corrected chi connectivity index (χ4v) is 3.12. The molecule has 0 aliphatic heterocycles. The fourth-order valence-electron chi connectivity index (χ4n) is 3.12. The lowest BCUT2D eigenvalue weighted by molar-refractivity contribution is -0.143. The van der Waals surface area contributed by atoms with Crippen LogP contribution >= 0.6 is 0 Å². The first-order valence-corrected chi connectivity index (χ1v) is 9.63. The van der Waals surface area contributed by atoms with Gasteiger partial charge in [-0.15, -0.1) is 0 Å². The van der Waals surface area contributed by atoms with E-state index in [1.807, 2.05) is 54.6 Å². The molecule has 28 heavy (non-hydrogen) atoms. The molecule has 0 atom stereocenters. The maximum absolute atomic E-state index is 12.2. The molecule has 3 rings (SSSR count). The molecule has 146 valence electrons. The van der Waals surface area contributed by atoms with Gasteiger partial charge in [-0.1, -0.05) is 30.3 Å². The topological polar surface area (TPSA) is 73.2 Å². The van der Waals surface area contributed by atoms with Crippen LogP contribution in [0.5, 0.6) is 0 Å². The number of imidazole rings is 1. The van der Waals surface area contributed by atoms with E-state index < -0.39 is 0 Å². The van der Waals surface area contributed by atoms with Crippen molar-refractivity contribution in [3.63, 3.8) is 0 Å². The van der Waals surface area contributed by atoms with E-state index in [0.717, 1.165) is 22.5 Å². The Kier molecular flexibility index (Phi) is 6.78.